The minimum absolute atomic E-state index is 0.0275. The van der Waals surface area contributed by atoms with Crippen LogP contribution in [0.15, 0.2) is 0 Å². The van der Waals surface area contributed by atoms with Crippen LogP contribution in [0, 0.1) is 5.92 Å². The molecule has 1 atom stereocenters. The van der Waals surface area contributed by atoms with Crippen LogP contribution in [0.2, 0.25) is 0 Å². The van der Waals surface area contributed by atoms with Crippen LogP contribution >= 0.6 is 0 Å². The number of carbonyl (C=O) groups is 2. The van der Waals surface area contributed by atoms with Crippen LogP contribution in [-0.2, 0) is 9.53 Å². The number of carbonyl (C=O) groups excluding carboxylic acids is 1. The van der Waals surface area contributed by atoms with Gasteiger partial charge in [-0.3, -0.25) is 4.79 Å². The Balaban J connectivity index is 2.68. The van der Waals surface area contributed by atoms with Crippen molar-refractivity contribution in [2.24, 2.45) is 5.92 Å². The lowest BCUT2D eigenvalue weighted by molar-refractivity contribution is -0.133. The van der Waals surface area contributed by atoms with Gasteiger partial charge in [0.05, 0.1) is 0 Å². The molecule has 0 spiro atoms. The number of hydrogen-bond acceptors (Lipinski definition) is 3. The largest absolute Gasteiger partial charge is 0.465 e. The molecule has 1 aliphatic heterocycles. The van der Waals surface area contributed by atoms with E-state index < -0.39 is 12.1 Å². The van der Waals surface area contributed by atoms with Crippen molar-refractivity contribution in [3.8, 4) is 0 Å². The summed E-state index contributed by atoms with van der Waals surface area (Å²) in [5.74, 6) is -0.172. The van der Waals surface area contributed by atoms with Gasteiger partial charge in [0, 0.05) is 27.3 Å². The summed E-state index contributed by atoms with van der Waals surface area (Å²) in [6, 6.07) is -0.656. The van der Waals surface area contributed by atoms with Crippen molar-refractivity contribution in [2.75, 3.05) is 27.3 Å². The fraction of sp³-hybridized carbons (Fsp3) is 0.800. The topological polar surface area (TPSA) is 78.9 Å². The number of likely N-dealkylation sites (N-methyl/N-ethyl adjacent to an activating group) is 1. The first-order chi connectivity index (χ1) is 7.52. The molecule has 0 bridgehead atoms. The average Bonchev–Trinajstić information content (AvgIpc) is 2.26. The summed E-state index contributed by atoms with van der Waals surface area (Å²) in [5.41, 5.74) is 0. The predicted octanol–water partition coefficient (Wildman–Crippen LogP) is 0.137. The second-order valence-electron chi connectivity index (χ2n) is 4.11. The molecule has 0 aliphatic carbocycles. The molecule has 1 aliphatic rings. The van der Waals surface area contributed by atoms with Gasteiger partial charge < -0.3 is 20.1 Å². The maximum Gasteiger partial charge on any atom is 0.405 e. The first-order valence-electron chi connectivity index (χ1n) is 5.30. The number of amides is 2. The Bertz CT molecular complexity index is 262. The van der Waals surface area contributed by atoms with Crippen LogP contribution in [-0.4, -0.2) is 55.4 Å². The number of ether oxygens (including phenoxy) is 1. The van der Waals surface area contributed by atoms with Gasteiger partial charge in [0.1, 0.15) is 6.04 Å². The molecule has 1 unspecified atom stereocenters. The molecule has 0 aromatic carbocycles. The normalized spacial score (nSPS) is 18.9. The third kappa shape index (κ3) is 3.37. The maximum atomic E-state index is 11.8. The lowest BCUT2D eigenvalue weighted by Crippen LogP contribution is -2.51. The molecule has 1 fully saturated rings. The van der Waals surface area contributed by atoms with E-state index in [9.17, 15) is 9.59 Å². The molecule has 92 valence electrons. The van der Waals surface area contributed by atoms with Crippen molar-refractivity contribution in [3.63, 3.8) is 0 Å². The molecule has 2 N–H and O–H groups in total. The number of nitrogens with zero attached hydrogens (tertiary/aromatic N) is 1. The smallest absolute Gasteiger partial charge is 0.405 e. The zero-order valence-corrected chi connectivity index (χ0v) is 9.60. The van der Waals surface area contributed by atoms with E-state index in [1.807, 2.05) is 0 Å². The quantitative estimate of drug-likeness (QED) is 0.722. The number of hydrogen-bond donors (Lipinski definition) is 2. The van der Waals surface area contributed by atoms with E-state index in [1.165, 1.54) is 4.90 Å². The van der Waals surface area contributed by atoms with E-state index in [0.29, 0.717) is 26.1 Å². The Morgan fingerprint density at radius 3 is 2.38 bits per heavy atom. The van der Waals surface area contributed by atoms with Crippen molar-refractivity contribution >= 4 is 12.0 Å². The molecule has 16 heavy (non-hydrogen) atoms. The van der Waals surface area contributed by atoms with Crippen molar-refractivity contribution in [1.29, 1.82) is 0 Å². The zero-order valence-electron chi connectivity index (χ0n) is 9.60. The standard InChI is InChI=1S/C10H18N2O4/c1-12(2)9(13)8(11-10(14)15)7-3-5-16-6-4-7/h7-8,11H,3-6H2,1-2H3,(H,14,15). The Hall–Kier alpha value is -1.30. The lowest BCUT2D eigenvalue weighted by Gasteiger charge is -2.30. The van der Waals surface area contributed by atoms with Gasteiger partial charge in [-0.25, -0.2) is 4.79 Å². The highest BCUT2D eigenvalue weighted by molar-refractivity contribution is 5.85. The molecular formula is C10H18N2O4. The summed E-state index contributed by atoms with van der Waals surface area (Å²) < 4.78 is 5.19. The van der Waals surface area contributed by atoms with E-state index in [4.69, 9.17) is 9.84 Å². The van der Waals surface area contributed by atoms with Crippen LogP contribution in [0.25, 0.3) is 0 Å². The van der Waals surface area contributed by atoms with Crippen molar-refractivity contribution < 1.29 is 19.4 Å². The van der Waals surface area contributed by atoms with Crippen LogP contribution in [0.4, 0.5) is 4.79 Å². The van der Waals surface area contributed by atoms with Gasteiger partial charge in [-0.15, -0.1) is 0 Å². The van der Waals surface area contributed by atoms with E-state index in [-0.39, 0.29) is 11.8 Å². The van der Waals surface area contributed by atoms with E-state index in [0.717, 1.165) is 0 Å². The summed E-state index contributed by atoms with van der Waals surface area (Å²) in [7, 11) is 3.25. The third-order valence-corrected chi connectivity index (χ3v) is 2.72. The minimum Gasteiger partial charge on any atom is -0.465 e. The van der Waals surface area contributed by atoms with Gasteiger partial charge in [-0.1, -0.05) is 0 Å². The van der Waals surface area contributed by atoms with Gasteiger partial charge in [-0.2, -0.15) is 0 Å². The summed E-state index contributed by atoms with van der Waals surface area (Å²) in [4.78, 5) is 23.9. The van der Waals surface area contributed by atoms with Gasteiger partial charge in [-0.05, 0) is 18.8 Å². The molecule has 0 aromatic rings. The maximum absolute atomic E-state index is 11.8. The third-order valence-electron chi connectivity index (χ3n) is 2.72. The fourth-order valence-electron chi connectivity index (χ4n) is 1.84. The number of nitrogens with one attached hydrogen (secondary N) is 1. The fourth-order valence-corrected chi connectivity index (χ4v) is 1.84. The lowest BCUT2D eigenvalue weighted by atomic mass is 9.91. The number of carboxylic acid groups (broad SMARTS) is 1. The SMILES string of the molecule is CN(C)C(=O)C(NC(=O)O)C1CCOCC1. The molecule has 2 amide bonds. The first kappa shape index (κ1) is 12.8. The van der Waals surface area contributed by atoms with Crippen LogP contribution in [0.5, 0.6) is 0 Å². The monoisotopic (exact) mass is 230 g/mol. The van der Waals surface area contributed by atoms with Crippen LogP contribution in [0.1, 0.15) is 12.8 Å². The second-order valence-corrected chi connectivity index (χ2v) is 4.11. The van der Waals surface area contributed by atoms with Gasteiger partial charge in [0.25, 0.3) is 0 Å². The average molecular weight is 230 g/mol. The highest BCUT2D eigenvalue weighted by Gasteiger charge is 2.32. The van der Waals surface area contributed by atoms with Crippen LogP contribution < -0.4 is 5.32 Å². The predicted molar refractivity (Wildman–Crippen MR) is 57.2 cm³/mol. The summed E-state index contributed by atoms with van der Waals surface area (Å²) >= 11 is 0. The Labute approximate surface area is 94.6 Å². The first-order valence-corrected chi connectivity index (χ1v) is 5.30. The molecule has 1 heterocycles. The van der Waals surface area contributed by atoms with Crippen molar-refractivity contribution in [2.45, 2.75) is 18.9 Å². The zero-order chi connectivity index (χ0) is 12.1. The molecule has 0 radical (unpaired) electrons. The Kier molecular flexibility index (Phi) is 4.54. The van der Waals surface area contributed by atoms with Gasteiger partial charge in [0.15, 0.2) is 0 Å². The molecule has 6 heteroatoms. The summed E-state index contributed by atoms with van der Waals surface area (Å²) in [6.07, 6.45) is 0.265. The van der Waals surface area contributed by atoms with E-state index in [1.54, 1.807) is 14.1 Å². The van der Waals surface area contributed by atoms with Gasteiger partial charge >= 0.3 is 6.09 Å². The van der Waals surface area contributed by atoms with Gasteiger partial charge in [0.2, 0.25) is 5.91 Å². The number of rotatable bonds is 3. The van der Waals surface area contributed by atoms with Crippen LogP contribution in [0.3, 0.4) is 0 Å². The van der Waals surface area contributed by atoms with E-state index in [2.05, 4.69) is 5.32 Å². The molecule has 6 nitrogen and oxygen atoms in total. The second kappa shape index (κ2) is 5.69. The Morgan fingerprint density at radius 2 is 1.94 bits per heavy atom. The molecular weight excluding hydrogens is 212 g/mol. The van der Waals surface area contributed by atoms with Crippen molar-refractivity contribution in [1.82, 2.24) is 10.2 Å². The molecule has 1 rings (SSSR count). The minimum atomic E-state index is -1.16. The highest BCUT2D eigenvalue weighted by Crippen LogP contribution is 2.19. The summed E-state index contributed by atoms with van der Waals surface area (Å²) in [5, 5.41) is 11.0. The Morgan fingerprint density at radius 1 is 1.38 bits per heavy atom. The molecule has 0 saturated carbocycles. The summed E-state index contributed by atoms with van der Waals surface area (Å²) in [6.45, 7) is 1.17. The highest BCUT2D eigenvalue weighted by atomic mass is 16.5. The molecule has 1 saturated heterocycles. The van der Waals surface area contributed by atoms with Crippen molar-refractivity contribution in [3.05, 3.63) is 0 Å². The van der Waals surface area contributed by atoms with E-state index >= 15 is 0 Å². The molecule has 0 aromatic heterocycles.